The minimum Gasteiger partial charge on any atom is -0.326 e. The van der Waals surface area contributed by atoms with Gasteiger partial charge in [-0.15, -0.1) is 11.3 Å². The highest BCUT2D eigenvalue weighted by molar-refractivity contribution is 7.09. The normalized spacial score (nSPS) is 11.4. The zero-order valence-electron chi connectivity index (χ0n) is 11.7. The summed E-state index contributed by atoms with van der Waals surface area (Å²) in [7, 11) is 0. The number of hydrogen-bond acceptors (Lipinski definition) is 3. The van der Waals surface area contributed by atoms with Gasteiger partial charge in [-0.1, -0.05) is 30.3 Å². The van der Waals surface area contributed by atoms with Gasteiger partial charge in [0.2, 0.25) is 0 Å². The van der Waals surface area contributed by atoms with Crippen molar-refractivity contribution in [3.05, 3.63) is 57.8 Å². The highest BCUT2D eigenvalue weighted by Gasteiger charge is 2.11. The Kier molecular flexibility index (Phi) is 5.14. The maximum absolute atomic E-state index is 5.63. The second kappa shape index (κ2) is 6.85. The third-order valence-corrected chi connectivity index (χ3v) is 4.17. The standard InChI is InChI=1S/C16H22N2S/c1-13(2)18(12-16-4-3-9-19-16)11-15-7-5-14(10-17)6-8-15/h3-9,13H,10-12,17H2,1-2H3. The van der Waals surface area contributed by atoms with Crippen molar-refractivity contribution in [1.29, 1.82) is 0 Å². The van der Waals surface area contributed by atoms with Crippen molar-refractivity contribution in [2.24, 2.45) is 5.73 Å². The summed E-state index contributed by atoms with van der Waals surface area (Å²) in [6.45, 7) is 7.13. The average Bonchev–Trinajstić information content (AvgIpc) is 2.91. The second-order valence-electron chi connectivity index (χ2n) is 5.10. The lowest BCUT2D eigenvalue weighted by Crippen LogP contribution is -2.29. The van der Waals surface area contributed by atoms with Crippen LogP contribution in [0.4, 0.5) is 0 Å². The van der Waals surface area contributed by atoms with E-state index < -0.39 is 0 Å². The molecule has 0 spiro atoms. The van der Waals surface area contributed by atoms with E-state index in [1.807, 2.05) is 11.3 Å². The molecule has 3 heteroatoms. The predicted molar refractivity (Wildman–Crippen MR) is 83.0 cm³/mol. The summed E-state index contributed by atoms with van der Waals surface area (Å²) in [5.41, 5.74) is 8.17. The number of nitrogens with zero attached hydrogens (tertiary/aromatic N) is 1. The van der Waals surface area contributed by atoms with Crippen LogP contribution in [0, 0.1) is 0 Å². The largest absolute Gasteiger partial charge is 0.326 e. The van der Waals surface area contributed by atoms with E-state index in [0.29, 0.717) is 12.6 Å². The molecule has 0 atom stereocenters. The molecule has 1 aromatic heterocycles. The molecule has 0 amide bonds. The van der Waals surface area contributed by atoms with Gasteiger partial charge in [0.25, 0.3) is 0 Å². The van der Waals surface area contributed by atoms with Crippen LogP contribution in [0.1, 0.15) is 29.9 Å². The summed E-state index contributed by atoms with van der Waals surface area (Å²) in [6, 6.07) is 13.5. The molecular formula is C16H22N2S. The molecule has 19 heavy (non-hydrogen) atoms. The molecule has 1 aromatic carbocycles. The Labute approximate surface area is 119 Å². The van der Waals surface area contributed by atoms with E-state index in [1.54, 1.807) is 0 Å². The molecule has 0 radical (unpaired) electrons. The minimum atomic E-state index is 0.538. The van der Waals surface area contributed by atoms with Gasteiger partial charge in [0.15, 0.2) is 0 Å². The second-order valence-corrected chi connectivity index (χ2v) is 6.13. The minimum absolute atomic E-state index is 0.538. The quantitative estimate of drug-likeness (QED) is 0.872. The maximum atomic E-state index is 5.63. The van der Waals surface area contributed by atoms with Crippen LogP contribution in [0.25, 0.3) is 0 Å². The SMILES string of the molecule is CC(C)N(Cc1ccc(CN)cc1)Cc1cccs1. The van der Waals surface area contributed by atoms with Crippen molar-refractivity contribution in [3.8, 4) is 0 Å². The smallest absolute Gasteiger partial charge is 0.0334 e. The number of nitrogens with two attached hydrogens (primary N) is 1. The molecule has 2 aromatic rings. The van der Waals surface area contributed by atoms with E-state index in [4.69, 9.17) is 5.73 Å². The lowest BCUT2D eigenvalue weighted by Gasteiger charge is -2.26. The summed E-state index contributed by atoms with van der Waals surface area (Å²) in [5, 5.41) is 2.14. The van der Waals surface area contributed by atoms with E-state index in [-0.39, 0.29) is 0 Å². The van der Waals surface area contributed by atoms with Gasteiger partial charge in [0.1, 0.15) is 0 Å². The summed E-state index contributed by atoms with van der Waals surface area (Å²) in [4.78, 5) is 3.91. The maximum Gasteiger partial charge on any atom is 0.0334 e. The van der Waals surface area contributed by atoms with Crippen LogP contribution in [0.3, 0.4) is 0 Å². The van der Waals surface area contributed by atoms with Gasteiger partial charge in [-0.05, 0) is 36.4 Å². The molecule has 2 N–H and O–H groups in total. The summed E-state index contributed by atoms with van der Waals surface area (Å²) in [6.07, 6.45) is 0. The first-order valence-corrected chi connectivity index (χ1v) is 7.61. The Morgan fingerprint density at radius 3 is 2.26 bits per heavy atom. The van der Waals surface area contributed by atoms with Gasteiger partial charge in [-0.2, -0.15) is 0 Å². The number of thiophene rings is 1. The molecule has 0 bridgehead atoms. The van der Waals surface area contributed by atoms with Crippen molar-refractivity contribution in [2.45, 2.75) is 39.5 Å². The first kappa shape index (κ1) is 14.3. The zero-order valence-corrected chi connectivity index (χ0v) is 12.5. The van der Waals surface area contributed by atoms with E-state index in [1.165, 1.54) is 16.0 Å². The molecule has 1 heterocycles. The van der Waals surface area contributed by atoms with E-state index in [0.717, 1.165) is 13.1 Å². The van der Waals surface area contributed by atoms with E-state index in [2.05, 4.69) is 60.5 Å². The van der Waals surface area contributed by atoms with Gasteiger partial charge in [-0.3, -0.25) is 4.90 Å². The molecule has 0 aliphatic carbocycles. The van der Waals surface area contributed by atoms with Crippen LogP contribution in [0.15, 0.2) is 41.8 Å². The van der Waals surface area contributed by atoms with Crippen molar-refractivity contribution in [3.63, 3.8) is 0 Å². The predicted octanol–water partition coefficient (Wildman–Crippen LogP) is 3.62. The Hall–Kier alpha value is -1.16. The topological polar surface area (TPSA) is 29.3 Å². The zero-order chi connectivity index (χ0) is 13.7. The van der Waals surface area contributed by atoms with Crippen molar-refractivity contribution in [2.75, 3.05) is 0 Å². The highest BCUT2D eigenvalue weighted by atomic mass is 32.1. The first-order chi connectivity index (χ1) is 9.19. The van der Waals surface area contributed by atoms with Crippen molar-refractivity contribution in [1.82, 2.24) is 4.90 Å². The Balaban J connectivity index is 2.03. The van der Waals surface area contributed by atoms with Crippen molar-refractivity contribution >= 4 is 11.3 Å². The van der Waals surface area contributed by atoms with Gasteiger partial charge in [-0.25, -0.2) is 0 Å². The first-order valence-electron chi connectivity index (χ1n) is 6.73. The summed E-state index contributed by atoms with van der Waals surface area (Å²) in [5.74, 6) is 0. The third-order valence-electron chi connectivity index (χ3n) is 3.31. The van der Waals surface area contributed by atoms with Crippen LogP contribution in [0.5, 0.6) is 0 Å². The lowest BCUT2D eigenvalue weighted by molar-refractivity contribution is 0.205. The Bertz CT molecular complexity index is 474. The summed E-state index contributed by atoms with van der Waals surface area (Å²) < 4.78 is 0. The molecule has 0 saturated heterocycles. The van der Waals surface area contributed by atoms with Crippen LogP contribution in [-0.4, -0.2) is 10.9 Å². The monoisotopic (exact) mass is 274 g/mol. The molecule has 2 nitrogen and oxygen atoms in total. The molecule has 0 fully saturated rings. The highest BCUT2D eigenvalue weighted by Crippen LogP contribution is 2.17. The average molecular weight is 274 g/mol. The molecule has 102 valence electrons. The van der Waals surface area contributed by atoms with Gasteiger partial charge in [0, 0.05) is 30.6 Å². The molecule has 0 aliphatic rings. The fraction of sp³-hybridized carbons (Fsp3) is 0.375. The number of hydrogen-bond donors (Lipinski definition) is 1. The van der Waals surface area contributed by atoms with E-state index >= 15 is 0 Å². The number of rotatable bonds is 6. The van der Waals surface area contributed by atoms with Gasteiger partial charge >= 0.3 is 0 Å². The van der Waals surface area contributed by atoms with Crippen LogP contribution in [0.2, 0.25) is 0 Å². The summed E-state index contributed by atoms with van der Waals surface area (Å²) >= 11 is 1.83. The molecule has 0 aliphatic heterocycles. The third kappa shape index (κ3) is 4.16. The fourth-order valence-corrected chi connectivity index (χ4v) is 2.77. The molecule has 0 unspecified atom stereocenters. The molecule has 2 rings (SSSR count). The fourth-order valence-electron chi connectivity index (χ4n) is 2.04. The van der Waals surface area contributed by atoms with Crippen LogP contribution in [-0.2, 0) is 19.6 Å². The van der Waals surface area contributed by atoms with Gasteiger partial charge < -0.3 is 5.73 Å². The lowest BCUT2D eigenvalue weighted by atomic mass is 10.1. The Morgan fingerprint density at radius 1 is 1.05 bits per heavy atom. The Morgan fingerprint density at radius 2 is 1.74 bits per heavy atom. The van der Waals surface area contributed by atoms with Crippen LogP contribution >= 0.6 is 11.3 Å². The molecule has 0 saturated carbocycles. The van der Waals surface area contributed by atoms with Crippen molar-refractivity contribution < 1.29 is 0 Å². The number of benzene rings is 1. The molecular weight excluding hydrogens is 252 g/mol. The van der Waals surface area contributed by atoms with E-state index in [9.17, 15) is 0 Å². The van der Waals surface area contributed by atoms with Crippen LogP contribution < -0.4 is 5.73 Å². The van der Waals surface area contributed by atoms with Gasteiger partial charge in [0.05, 0.1) is 0 Å².